The van der Waals surface area contributed by atoms with Crippen molar-refractivity contribution < 1.29 is 0 Å². The molecule has 0 rings (SSSR count). The molecule has 0 aliphatic heterocycles. The number of rotatable bonds is 4. The van der Waals surface area contributed by atoms with Crippen molar-refractivity contribution in [2.45, 2.75) is 67.9 Å². The Balaban J connectivity index is 0. The van der Waals surface area contributed by atoms with Crippen LogP contribution in [0, 0.1) is 11.3 Å². The summed E-state index contributed by atoms with van der Waals surface area (Å²) in [6.07, 6.45) is 1.25. The van der Waals surface area contributed by atoms with E-state index in [4.69, 9.17) is 0 Å². The molecule has 0 spiro atoms. The standard InChI is InChI=1S/C11H25N.C2H6/c1-9(2)10(3)12-8-7-11(4,5)6;1-2/h9-10,12H,7-8H2,1-6H3;1-2H3. The highest BCUT2D eigenvalue weighted by atomic mass is 14.9. The first-order chi connectivity index (χ1) is 6.33. The monoisotopic (exact) mass is 201 g/mol. The molecule has 1 heteroatoms. The molecule has 0 aliphatic carbocycles. The molecule has 0 amide bonds. The van der Waals surface area contributed by atoms with Crippen molar-refractivity contribution in [3.8, 4) is 0 Å². The van der Waals surface area contributed by atoms with Crippen molar-refractivity contribution in [3.63, 3.8) is 0 Å². The Hall–Kier alpha value is -0.0400. The Morgan fingerprint density at radius 2 is 1.43 bits per heavy atom. The molecular formula is C13H31N. The van der Waals surface area contributed by atoms with Gasteiger partial charge in [-0.2, -0.15) is 0 Å². The zero-order valence-corrected chi connectivity index (χ0v) is 11.6. The third kappa shape index (κ3) is 12.0. The summed E-state index contributed by atoms with van der Waals surface area (Å²) in [4.78, 5) is 0. The predicted octanol–water partition coefficient (Wildman–Crippen LogP) is 4.08. The third-order valence-electron chi connectivity index (χ3n) is 2.34. The van der Waals surface area contributed by atoms with Crippen molar-refractivity contribution in [2.75, 3.05) is 6.54 Å². The van der Waals surface area contributed by atoms with Crippen LogP contribution in [0.2, 0.25) is 0 Å². The molecule has 1 nitrogen and oxygen atoms in total. The average Bonchev–Trinajstić information content (AvgIpc) is 2.05. The van der Waals surface area contributed by atoms with Gasteiger partial charge in [-0.15, -0.1) is 0 Å². The summed E-state index contributed by atoms with van der Waals surface area (Å²) >= 11 is 0. The predicted molar refractivity (Wildman–Crippen MR) is 67.7 cm³/mol. The minimum absolute atomic E-state index is 0.462. The van der Waals surface area contributed by atoms with Crippen LogP contribution >= 0.6 is 0 Å². The molecule has 0 bridgehead atoms. The summed E-state index contributed by atoms with van der Waals surface area (Å²) in [6.45, 7) is 18.8. The van der Waals surface area contributed by atoms with Crippen molar-refractivity contribution >= 4 is 0 Å². The quantitative estimate of drug-likeness (QED) is 0.722. The van der Waals surface area contributed by atoms with Crippen LogP contribution in [0.5, 0.6) is 0 Å². The van der Waals surface area contributed by atoms with E-state index in [1.165, 1.54) is 6.42 Å². The van der Waals surface area contributed by atoms with Crippen LogP contribution in [-0.2, 0) is 0 Å². The van der Waals surface area contributed by atoms with Gasteiger partial charge in [0.1, 0.15) is 0 Å². The Labute approximate surface area is 91.7 Å². The first-order valence-electron chi connectivity index (χ1n) is 6.06. The van der Waals surface area contributed by atoms with Crippen molar-refractivity contribution in [1.82, 2.24) is 5.32 Å². The topological polar surface area (TPSA) is 12.0 Å². The van der Waals surface area contributed by atoms with Gasteiger partial charge in [0, 0.05) is 6.04 Å². The summed E-state index contributed by atoms with van der Waals surface area (Å²) in [6, 6.07) is 0.646. The molecule has 0 saturated heterocycles. The maximum absolute atomic E-state index is 3.54. The van der Waals surface area contributed by atoms with Gasteiger partial charge in [-0.05, 0) is 31.2 Å². The van der Waals surface area contributed by atoms with E-state index in [-0.39, 0.29) is 0 Å². The second-order valence-corrected chi connectivity index (χ2v) is 5.30. The maximum Gasteiger partial charge on any atom is 0.00617 e. The van der Waals surface area contributed by atoms with E-state index in [1.807, 2.05) is 13.8 Å². The van der Waals surface area contributed by atoms with E-state index in [1.54, 1.807) is 0 Å². The summed E-state index contributed by atoms with van der Waals surface area (Å²) in [7, 11) is 0. The van der Waals surface area contributed by atoms with Crippen LogP contribution < -0.4 is 5.32 Å². The molecule has 0 aliphatic rings. The highest BCUT2D eigenvalue weighted by Crippen LogP contribution is 2.17. The van der Waals surface area contributed by atoms with Crippen LogP contribution in [0.25, 0.3) is 0 Å². The van der Waals surface area contributed by atoms with Crippen molar-refractivity contribution in [3.05, 3.63) is 0 Å². The SMILES string of the molecule is CC.CC(C)C(C)NCCC(C)(C)C. The lowest BCUT2D eigenvalue weighted by molar-refractivity contribution is 0.338. The maximum atomic E-state index is 3.54. The van der Waals surface area contributed by atoms with E-state index < -0.39 is 0 Å². The lowest BCUT2D eigenvalue weighted by Crippen LogP contribution is -2.33. The molecule has 14 heavy (non-hydrogen) atoms. The fourth-order valence-corrected chi connectivity index (χ4v) is 0.911. The number of nitrogens with one attached hydrogen (secondary N) is 1. The molecular weight excluding hydrogens is 170 g/mol. The molecule has 0 heterocycles. The number of hydrogen-bond donors (Lipinski definition) is 1. The highest BCUT2D eigenvalue weighted by Gasteiger charge is 2.11. The molecule has 0 saturated carbocycles. The van der Waals surface area contributed by atoms with Gasteiger partial charge in [0.2, 0.25) is 0 Å². The van der Waals surface area contributed by atoms with E-state index in [2.05, 4.69) is 46.9 Å². The second kappa shape index (κ2) is 8.28. The summed E-state index contributed by atoms with van der Waals surface area (Å²) in [5.74, 6) is 0.741. The summed E-state index contributed by atoms with van der Waals surface area (Å²) < 4.78 is 0. The smallest absolute Gasteiger partial charge is 0.00617 e. The van der Waals surface area contributed by atoms with E-state index >= 15 is 0 Å². The van der Waals surface area contributed by atoms with Crippen LogP contribution in [-0.4, -0.2) is 12.6 Å². The average molecular weight is 201 g/mol. The lowest BCUT2D eigenvalue weighted by atomic mass is 9.92. The molecule has 0 radical (unpaired) electrons. The highest BCUT2D eigenvalue weighted by molar-refractivity contribution is 4.68. The van der Waals surface area contributed by atoms with E-state index in [9.17, 15) is 0 Å². The third-order valence-corrected chi connectivity index (χ3v) is 2.34. The molecule has 0 fully saturated rings. The van der Waals surface area contributed by atoms with Crippen molar-refractivity contribution in [2.24, 2.45) is 11.3 Å². The van der Waals surface area contributed by atoms with Gasteiger partial charge in [0.15, 0.2) is 0 Å². The van der Waals surface area contributed by atoms with Gasteiger partial charge in [-0.1, -0.05) is 48.5 Å². The molecule has 1 N–H and O–H groups in total. The van der Waals surface area contributed by atoms with Gasteiger partial charge in [0.25, 0.3) is 0 Å². The van der Waals surface area contributed by atoms with Crippen LogP contribution in [0.1, 0.15) is 61.8 Å². The van der Waals surface area contributed by atoms with Gasteiger partial charge in [0.05, 0.1) is 0 Å². The first-order valence-corrected chi connectivity index (χ1v) is 6.06. The van der Waals surface area contributed by atoms with Crippen LogP contribution in [0.3, 0.4) is 0 Å². The zero-order valence-electron chi connectivity index (χ0n) is 11.6. The molecule has 88 valence electrons. The minimum atomic E-state index is 0.462. The van der Waals surface area contributed by atoms with Gasteiger partial charge >= 0.3 is 0 Å². The lowest BCUT2D eigenvalue weighted by Gasteiger charge is -2.22. The summed E-state index contributed by atoms with van der Waals surface area (Å²) in [5, 5.41) is 3.54. The van der Waals surface area contributed by atoms with E-state index in [0.717, 1.165) is 12.5 Å². The molecule has 0 aromatic rings. The van der Waals surface area contributed by atoms with Gasteiger partial charge in [-0.3, -0.25) is 0 Å². The Kier molecular flexibility index (Phi) is 9.70. The van der Waals surface area contributed by atoms with Gasteiger partial charge in [-0.25, -0.2) is 0 Å². The fourth-order valence-electron chi connectivity index (χ4n) is 0.911. The Morgan fingerprint density at radius 1 is 1.00 bits per heavy atom. The second-order valence-electron chi connectivity index (χ2n) is 5.30. The Bertz CT molecular complexity index is 111. The van der Waals surface area contributed by atoms with E-state index in [0.29, 0.717) is 11.5 Å². The first kappa shape index (κ1) is 16.4. The normalized spacial score (nSPS) is 13.5. The summed E-state index contributed by atoms with van der Waals surface area (Å²) in [5.41, 5.74) is 0.462. The molecule has 1 unspecified atom stereocenters. The Morgan fingerprint density at radius 3 is 1.71 bits per heavy atom. The number of hydrogen-bond acceptors (Lipinski definition) is 1. The van der Waals surface area contributed by atoms with Gasteiger partial charge < -0.3 is 5.32 Å². The minimum Gasteiger partial charge on any atom is -0.314 e. The van der Waals surface area contributed by atoms with Crippen molar-refractivity contribution in [1.29, 1.82) is 0 Å². The van der Waals surface area contributed by atoms with Crippen LogP contribution in [0.15, 0.2) is 0 Å². The zero-order chi connectivity index (χ0) is 11.8. The fraction of sp³-hybridized carbons (Fsp3) is 1.00. The largest absolute Gasteiger partial charge is 0.314 e. The molecule has 0 aromatic heterocycles. The molecule has 0 aromatic carbocycles. The van der Waals surface area contributed by atoms with Crippen LogP contribution in [0.4, 0.5) is 0 Å². The molecule has 1 atom stereocenters.